The topological polar surface area (TPSA) is 108 Å². The average molecular weight is 380 g/mol. The average Bonchev–Trinajstić information content (AvgIpc) is 3.09. The van der Waals surface area contributed by atoms with Crippen molar-refractivity contribution in [2.45, 2.75) is 0 Å². The quantitative estimate of drug-likeness (QED) is 0.231. The number of furan rings is 1. The maximum atomic E-state index is 12.7. The molecule has 142 valence electrons. The molecule has 2 aromatic carbocycles. The molecule has 0 saturated carbocycles. The highest BCUT2D eigenvalue weighted by molar-refractivity contribution is 6.09. The van der Waals surface area contributed by atoms with E-state index < -0.39 is 10.5 Å². The van der Waals surface area contributed by atoms with Crippen molar-refractivity contribution in [2.24, 2.45) is 0 Å². The van der Waals surface area contributed by atoms with Gasteiger partial charge in [0.15, 0.2) is 5.58 Å². The van der Waals surface area contributed by atoms with Gasteiger partial charge in [0.05, 0.1) is 22.5 Å². The van der Waals surface area contributed by atoms with Gasteiger partial charge in [0.25, 0.3) is 5.69 Å². The summed E-state index contributed by atoms with van der Waals surface area (Å²) in [6.45, 7) is 0.849. The Morgan fingerprint density at radius 2 is 1.96 bits per heavy atom. The van der Waals surface area contributed by atoms with Crippen LogP contribution in [-0.4, -0.2) is 25.2 Å². The summed E-state index contributed by atoms with van der Waals surface area (Å²) in [5.74, 6) is 0.330. The number of anilines is 1. The van der Waals surface area contributed by atoms with Crippen molar-refractivity contribution < 1.29 is 18.5 Å². The molecule has 0 aliphatic rings. The molecule has 0 spiro atoms. The molecule has 2 heterocycles. The monoisotopic (exact) mass is 380 g/mol. The number of ether oxygens (including phenoxy) is 1. The SMILES string of the molecule is COCCNc1oc2c(c1-c1cccc([N+](=O)[O-])c1)c(=O)oc1ccccc12. The van der Waals surface area contributed by atoms with Crippen LogP contribution in [0.1, 0.15) is 0 Å². The number of hydrogen-bond donors (Lipinski definition) is 1. The Kier molecular flexibility index (Phi) is 4.54. The third kappa shape index (κ3) is 2.99. The van der Waals surface area contributed by atoms with Gasteiger partial charge in [-0.3, -0.25) is 10.1 Å². The molecule has 2 aromatic heterocycles. The molecule has 4 aromatic rings. The first-order valence-electron chi connectivity index (χ1n) is 8.56. The predicted octanol–water partition coefficient (Wildman–Crippen LogP) is 4.17. The van der Waals surface area contributed by atoms with Crippen LogP contribution in [0.15, 0.2) is 62.2 Å². The zero-order valence-electron chi connectivity index (χ0n) is 14.9. The first kappa shape index (κ1) is 17.7. The lowest BCUT2D eigenvalue weighted by Gasteiger charge is -2.06. The Balaban J connectivity index is 2.03. The van der Waals surface area contributed by atoms with Gasteiger partial charge < -0.3 is 18.9 Å². The van der Waals surface area contributed by atoms with Gasteiger partial charge in [-0.1, -0.05) is 24.3 Å². The maximum Gasteiger partial charge on any atom is 0.348 e. The van der Waals surface area contributed by atoms with Gasteiger partial charge in [0.1, 0.15) is 11.0 Å². The van der Waals surface area contributed by atoms with Crippen LogP contribution in [0.5, 0.6) is 0 Å². The first-order valence-corrected chi connectivity index (χ1v) is 8.56. The van der Waals surface area contributed by atoms with Crippen LogP contribution in [-0.2, 0) is 4.74 Å². The van der Waals surface area contributed by atoms with E-state index in [2.05, 4.69) is 5.32 Å². The lowest BCUT2D eigenvalue weighted by Crippen LogP contribution is -2.08. The number of nitrogens with one attached hydrogen (secondary N) is 1. The van der Waals surface area contributed by atoms with E-state index >= 15 is 0 Å². The maximum absolute atomic E-state index is 12.7. The molecule has 0 amide bonds. The number of para-hydroxylation sites is 1. The van der Waals surface area contributed by atoms with Crippen LogP contribution in [0.2, 0.25) is 0 Å². The fraction of sp³-hybridized carbons (Fsp3) is 0.150. The van der Waals surface area contributed by atoms with Crippen LogP contribution in [0.4, 0.5) is 11.6 Å². The highest BCUT2D eigenvalue weighted by Gasteiger charge is 2.23. The van der Waals surface area contributed by atoms with Gasteiger partial charge in [-0.05, 0) is 17.7 Å². The Labute approximate surface area is 158 Å². The van der Waals surface area contributed by atoms with Crippen LogP contribution < -0.4 is 10.9 Å². The summed E-state index contributed by atoms with van der Waals surface area (Å²) < 4.78 is 16.5. The molecule has 0 aliphatic carbocycles. The van der Waals surface area contributed by atoms with Crippen LogP contribution in [0, 0.1) is 10.1 Å². The summed E-state index contributed by atoms with van der Waals surface area (Å²) in [5.41, 5.74) is 1.03. The summed E-state index contributed by atoms with van der Waals surface area (Å²) in [4.78, 5) is 23.4. The fourth-order valence-electron chi connectivity index (χ4n) is 3.15. The van der Waals surface area contributed by atoms with E-state index in [-0.39, 0.29) is 11.1 Å². The number of non-ortho nitro benzene ring substituents is 1. The van der Waals surface area contributed by atoms with Crippen molar-refractivity contribution in [1.29, 1.82) is 0 Å². The molecular formula is C20H16N2O6. The molecule has 0 unspecified atom stereocenters. The van der Waals surface area contributed by atoms with Crippen molar-refractivity contribution in [2.75, 3.05) is 25.6 Å². The number of nitro groups is 1. The third-order valence-corrected chi connectivity index (χ3v) is 4.38. The van der Waals surface area contributed by atoms with Gasteiger partial charge in [-0.15, -0.1) is 0 Å². The Bertz CT molecular complexity index is 1240. The van der Waals surface area contributed by atoms with E-state index in [9.17, 15) is 14.9 Å². The van der Waals surface area contributed by atoms with E-state index in [1.807, 2.05) is 6.07 Å². The van der Waals surface area contributed by atoms with E-state index in [1.54, 1.807) is 37.4 Å². The molecule has 0 saturated heterocycles. The normalized spacial score (nSPS) is 11.2. The van der Waals surface area contributed by atoms with Crippen LogP contribution in [0.3, 0.4) is 0 Å². The number of nitro benzene ring substituents is 1. The van der Waals surface area contributed by atoms with Crippen LogP contribution >= 0.6 is 0 Å². The second-order valence-corrected chi connectivity index (χ2v) is 6.12. The van der Waals surface area contributed by atoms with Gasteiger partial charge in [-0.25, -0.2) is 4.79 Å². The van der Waals surface area contributed by atoms with Crippen molar-refractivity contribution in [3.63, 3.8) is 0 Å². The molecule has 28 heavy (non-hydrogen) atoms. The highest BCUT2D eigenvalue weighted by atomic mass is 16.6. The first-order chi connectivity index (χ1) is 13.6. The highest BCUT2D eigenvalue weighted by Crippen LogP contribution is 2.40. The lowest BCUT2D eigenvalue weighted by atomic mass is 10.0. The van der Waals surface area contributed by atoms with Gasteiger partial charge in [-0.2, -0.15) is 0 Å². The number of methoxy groups -OCH3 is 1. The molecule has 0 bridgehead atoms. The molecule has 8 nitrogen and oxygen atoms in total. The van der Waals surface area contributed by atoms with Crippen molar-refractivity contribution in [1.82, 2.24) is 0 Å². The van der Waals surface area contributed by atoms with Gasteiger partial charge in [0.2, 0.25) is 5.88 Å². The molecule has 1 N–H and O–H groups in total. The van der Waals surface area contributed by atoms with Crippen molar-refractivity contribution in [3.05, 3.63) is 69.1 Å². The molecular weight excluding hydrogens is 364 g/mol. The minimum absolute atomic E-state index is 0.0835. The van der Waals surface area contributed by atoms with E-state index in [0.29, 0.717) is 46.7 Å². The summed E-state index contributed by atoms with van der Waals surface area (Å²) in [6.07, 6.45) is 0. The number of benzene rings is 2. The minimum atomic E-state index is -0.571. The van der Waals surface area contributed by atoms with Gasteiger partial charge >= 0.3 is 5.63 Å². The zero-order chi connectivity index (χ0) is 19.7. The molecule has 0 fully saturated rings. The molecule has 8 heteroatoms. The lowest BCUT2D eigenvalue weighted by molar-refractivity contribution is -0.384. The van der Waals surface area contributed by atoms with Crippen molar-refractivity contribution in [3.8, 4) is 11.1 Å². The Morgan fingerprint density at radius 3 is 2.75 bits per heavy atom. The van der Waals surface area contributed by atoms with E-state index in [4.69, 9.17) is 13.6 Å². The Hall–Kier alpha value is -3.65. The summed E-state index contributed by atoms with van der Waals surface area (Å²) in [7, 11) is 1.57. The van der Waals surface area contributed by atoms with Crippen molar-refractivity contribution >= 4 is 33.5 Å². The summed E-state index contributed by atoms with van der Waals surface area (Å²) in [5, 5.41) is 15.2. The third-order valence-electron chi connectivity index (χ3n) is 4.38. The zero-order valence-corrected chi connectivity index (χ0v) is 14.9. The number of hydrogen-bond acceptors (Lipinski definition) is 7. The van der Waals surface area contributed by atoms with E-state index in [0.717, 1.165) is 0 Å². The second-order valence-electron chi connectivity index (χ2n) is 6.12. The van der Waals surface area contributed by atoms with Crippen LogP contribution in [0.25, 0.3) is 33.1 Å². The fourth-order valence-corrected chi connectivity index (χ4v) is 3.15. The molecule has 0 radical (unpaired) electrons. The summed E-state index contributed by atoms with van der Waals surface area (Å²) in [6, 6.07) is 13.1. The number of rotatable bonds is 6. The number of fused-ring (bicyclic) bond motifs is 3. The molecule has 0 atom stereocenters. The predicted molar refractivity (Wildman–Crippen MR) is 105 cm³/mol. The molecule has 4 rings (SSSR count). The number of nitrogens with zero attached hydrogens (tertiary/aromatic N) is 1. The van der Waals surface area contributed by atoms with E-state index in [1.165, 1.54) is 12.1 Å². The standard InChI is InChI=1S/C20H16N2O6/c1-26-10-9-21-19-16(12-5-4-6-13(11-12)22(24)25)17-18(28-19)14-7-2-3-8-15(14)27-20(17)23/h2-8,11,21H,9-10H2,1H3. The Morgan fingerprint density at radius 1 is 1.14 bits per heavy atom. The smallest absolute Gasteiger partial charge is 0.348 e. The summed E-state index contributed by atoms with van der Waals surface area (Å²) >= 11 is 0. The van der Waals surface area contributed by atoms with Gasteiger partial charge in [0, 0.05) is 25.8 Å². The minimum Gasteiger partial charge on any atom is -0.439 e. The largest absolute Gasteiger partial charge is 0.439 e. The molecule has 0 aliphatic heterocycles. The second kappa shape index (κ2) is 7.16.